The first kappa shape index (κ1) is 26.6. The fraction of sp³-hybridized carbons (Fsp3) is 0.241. The molecule has 4 rings (SSSR count). The number of hydrogen-bond acceptors (Lipinski definition) is 5. The van der Waals surface area contributed by atoms with Gasteiger partial charge in [-0.3, -0.25) is 0 Å². The maximum atomic E-state index is 5.79. The van der Waals surface area contributed by atoms with E-state index in [-0.39, 0.29) is 0 Å². The molecule has 0 unspecified atom stereocenters. The molecule has 3 aromatic carbocycles. The van der Waals surface area contributed by atoms with Crippen LogP contribution in [0, 0.1) is 0 Å². The normalized spacial score (nSPS) is 9.71. The van der Waals surface area contributed by atoms with Gasteiger partial charge in [-0.25, -0.2) is 9.97 Å². The number of benzene rings is 3. The summed E-state index contributed by atoms with van der Waals surface area (Å²) in [6.45, 7) is 11.5. The van der Waals surface area contributed by atoms with Gasteiger partial charge in [0.15, 0.2) is 0 Å². The smallest absolute Gasteiger partial charge is 0.134 e. The third kappa shape index (κ3) is 7.15. The number of hydrogen-bond donors (Lipinski definition) is 2. The standard InChI is InChI=1S/C25H25N5.2C2H6/c1-2-30(17-26)23-13-11-22(12-14-23)29-25-16-24(27-18-28-25)21-10-6-9-20(15-21)19-7-4-3-5-8-19;2*1-2/h3-16,18H,2,17,26H2,1H3,(H,27,28,29);2*1-2H3. The van der Waals surface area contributed by atoms with E-state index in [4.69, 9.17) is 5.73 Å². The summed E-state index contributed by atoms with van der Waals surface area (Å²) in [7, 11) is 0. The number of anilines is 3. The molecule has 0 saturated heterocycles. The Labute approximate surface area is 204 Å². The Morgan fingerprint density at radius 3 is 2.03 bits per heavy atom. The van der Waals surface area contributed by atoms with Crippen LogP contribution in [0.3, 0.4) is 0 Å². The summed E-state index contributed by atoms with van der Waals surface area (Å²) < 4.78 is 0. The molecule has 0 aliphatic heterocycles. The Balaban J connectivity index is 0.000000970. The molecule has 178 valence electrons. The first-order valence-corrected chi connectivity index (χ1v) is 12.1. The molecule has 3 N–H and O–H groups in total. The Morgan fingerprint density at radius 1 is 0.735 bits per heavy atom. The number of rotatable bonds is 7. The van der Waals surface area contributed by atoms with Crippen molar-refractivity contribution in [3.8, 4) is 22.4 Å². The van der Waals surface area contributed by atoms with Crippen molar-refractivity contribution in [2.24, 2.45) is 5.73 Å². The van der Waals surface area contributed by atoms with Crippen LogP contribution in [0.4, 0.5) is 17.2 Å². The van der Waals surface area contributed by atoms with E-state index < -0.39 is 0 Å². The summed E-state index contributed by atoms with van der Waals surface area (Å²) in [5.41, 5.74) is 12.1. The van der Waals surface area contributed by atoms with Crippen molar-refractivity contribution in [1.29, 1.82) is 0 Å². The highest BCUT2D eigenvalue weighted by molar-refractivity contribution is 5.73. The van der Waals surface area contributed by atoms with E-state index in [1.54, 1.807) is 6.33 Å². The van der Waals surface area contributed by atoms with Crippen molar-refractivity contribution in [2.45, 2.75) is 34.6 Å². The molecule has 1 aromatic heterocycles. The minimum absolute atomic E-state index is 0.501. The zero-order valence-corrected chi connectivity index (χ0v) is 21.0. The Hall–Kier alpha value is -3.70. The molecule has 0 aliphatic carbocycles. The molecule has 5 nitrogen and oxygen atoms in total. The lowest BCUT2D eigenvalue weighted by atomic mass is 10.0. The predicted molar refractivity (Wildman–Crippen MR) is 147 cm³/mol. The van der Waals surface area contributed by atoms with Gasteiger partial charge in [-0.05, 0) is 48.4 Å². The van der Waals surface area contributed by atoms with Crippen molar-refractivity contribution in [3.63, 3.8) is 0 Å². The molecule has 0 bridgehead atoms. The highest BCUT2D eigenvalue weighted by atomic mass is 15.2. The molecular formula is C29H37N5. The second kappa shape index (κ2) is 14.4. The highest BCUT2D eigenvalue weighted by Gasteiger charge is 2.06. The topological polar surface area (TPSA) is 67.1 Å². The number of aromatic nitrogens is 2. The third-order valence-electron chi connectivity index (χ3n) is 5.04. The highest BCUT2D eigenvalue weighted by Crippen LogP contribution is 2.27. The van der Waals surface area contributed by atoms with E-state index in [2.05, 4.69) is 75.6 Å². The molecule has 0 saturated carbocycles. The molecule has 0 spiro atoms. The van der Waals surface area contributed by atoms with Gasteiger partial charge in [0.05, 0.1) is 12.4 Å². The maximum absolute atomic E-state index is 5.79. The average Bonchev–Trinajstić information content (AvgIpc) is 2.93. The third-order valence-corrected chi connectivity index (χ3v) is 5.04. The van der Waals surface area contributed by atoms with Crippen molar-refractivity contribution in [1.82, 2.24) is 9.97 Å². The number of nitrogens with two attached hydrogens (primary N) is 1. The Kier molecular flexibility index (Phi) is 11.3. The predicted octanol–water partition coefficient (Wildman–Crippen LogP) is 7.35. The van der Waals surface area contributed by atoms with Crippen LogP contribution in [-0.4, -0.2) is 23.2 Å². The van der Waals surface area contributed by atoms with Gasteiger partial charge in [-0.2, -0.15) is 0 Å². The largest absolute Gasteiger partial charge is 0.359 e. The second-order valence-electron chi connectivity index (χ2n) is 6.95. The number of nitrogens with one attached hydrogen (secondary N) is 1. The molecule has 1 heterocycles. The van der Waals surface area contributed by atoms with Crippen LogP contribution in [-0.2, 0) is 0 Å². The van der Waals surface area contributed by atoms with E-state index >= 15 is 0 Å². The molecule has 0 atom stereocenters. The van der Waals surface area contributed by atoms with Crippen LogP contribution in [0.2, 0.25) is 0 Å². The van der Waals surface area contributed by atoms with E-state index in [0.29, 0.717) is 6.67 Å². The van der Waals surface area contributed by atoms with Gasteiger partial charge >= 0.3 is 0 Å². The maximum Gasteiger partial charge on any atom is 0.134 e. The summed E-state index contributed by atoms with van der Waals surface area (Å²) >= 11 is 0. The molecule has 0 aliphatic rings. The Morgan fingerprint density at radius 2 is 1.38 bits per heavy atom. The van der Waals surface area contributed by atoms with Crippen molar-refractivity contribution < 1.29 is 0 Å². The summed E-state index contributed by atoms with van der Waals surface area (Å²) in [6, 6.07) is 28.9. The summed E-state index contributed by atoms with van der Waals surface area (Å²) in [4.78, 5) is 11.0. The summed E-state index contributed by atoms with van der Waals surface area (Å²) in [5, 5.41) is 3.36. The summed E-state index contributed by atoms with van der Waals surface area (Å²) in [5.74, 6) is 0.754. The van der Waals surface area contributed by atoms with Crippen molar-refractivity contribution in [2.75, 3.05) is 23.4 Å². The van der Waals surface area contributed by atoms with Crippen LogP contribution in [0.1, 0.15) is 34.6 Å². The first-order valence-electron chi connectivity index (χ1n) is 12.1. The van der Waals surface area contributed by atoms with Crippen LogP contribution < -0.4 is 16.0 Å². The van der Waals surface area contributed by atoms with Gasteiger partial charge in [0.2, 0.25) is 0 Å². The van der Waals surface area contributed by atoms with Crippen molar-refractivity contribution >= 4 is 17.2 Å². The van der Waals surface area contributed by atoms with Gasteiger partial charge in [0, 0.05) is 29.5 Å². The lowest BCUT2D eigenvalue weighted by molar-refractivity contribution is 0.843. The first-order chi connectivity index (χ1) is 16.8. The molecule has 5 heteroatoms. The lowest BCUT2D eigenvalue weighted by Crippen LogP contribution is -2.29. The van der Waals surface area contributed by atoms with Crippen LogP contribution in [0.15, 0.2) is 91.3 Å². The van der Waals surface area contributed by atoms with Crippen LogP contribution >= 0.6 is 0 Å². The monoisotopic (exact) mass is 455 g/mol. The molecule has 34 heavy (non-hydrogen) atoms. The molecule has 0 fully saturated rings. The minimum Gasteiger partial charge on any atom is -0.359 e. The SMILES string of the molecule is CC.CC.CCN(CN)c1ccc(Nc2cc(-c3cccc(-c4ccccc4)c3)ncn2)cc1. The van der Waals surface area contributed by atoms with Crippen LogP contribution in [0.5, 0.6) is 0 Å². The molecular weight excluding hydrogens is 418 g/mol. The van der Waals surface area contributed by atoms with Gasteiger partial charge in [0.1, 0.15) is 12.1 Å². The minimum atomic E-state index is 0.501. The second-order valence-corrected chi connectivity index (χ2v) is 6.95. The Bertz CT molecular complexity index is 1090. The summed E-state index contributed by atoms with van der Waals surface area (Å²) in [6.07, 6.45) is 1.59. The van der Waals surface area contributed by atoms with Crippen LogP contribution in [0.25, 0.3) is 22.4 Å². The fourth-order valence-electron chi connectivity index (χ4n) is 3.39. The molecule has 0 amide bonds. The van der Waals surface area contributed by atoms with E-state index in [9.17, 15) is 0 Å². The van der Waals surface area contributed by atoms with Gasteiger partial charge in [-0.1, -0.05) is 76.2 Å². The van der Waals surface area contributed by atoms with Gasteiger partial charge < -0.3 is 16.0 Å². The molecule has 4 aromatic rings. The van der Waals surface area contributed by atoms with E-state index in [1.165, 1.54) is 5.56 Å². The van der Waals surface area contributed by atoms with Gasteiger partial charge in [-0.15, -0.1) is 0 Å². The zero-order chi connectivity index (χ0) is 24.8. The van der Waals surface area contributed by atoms with Gasteiger partial charge in [0.25, 0.3) is 0 Å². The number of nitrogens with zero attached hydrogens (tertiary/aromatic N) is 3. The van der Waals surface area contributed by atoms with E-state index in [0.717, 1.165) is 40.6 Å². The lowest BCUT2D eigenvalue weighted by Gasteiger charge is -2.20. The zero-order valence-electron chi connectivity index (χ0n) is 21.0. The fourth-order valence-corrected chi connectivity index (χ4v) is 3.39. The average molecular weight is 456 g/mol. The molecule has 0 radical (unpaired) electrons. The van der Waals surface area contributed by atoms with Crippen molar-refractivity contribution in [3.05, 3.63) is 91.3 Å². The van der Waals surface area contributed by atoms with E-state index in [1.807, 2.05) is 64.1 Å². The quantitative estimate of drug-likeness (QED) is 0.285.